The number of hydrogen-bond acceptors (Lipinski definition) is 6. The minimum Gasteiger partial charge on any atom is -0.401 e. The van der Waals surface area contributed by atoms with E-state index in [-0.39, 0.29) is 0 Å². The van der Waals surface area contributed by atoms with Crippen LogP contribution in [0.15, 0.2) is 95.5 Å². The van der Waals surface area contributed by atoms with Crippen molar-refractivity contribution in [2.24, 2.45) is 4.52 Å². The number of rotatable bonds is 9. The quantitative estimate of drug-likeness (QED) is 0.352. The van der Waals surface area contributed by atoms with E-state index in [1.165, 1.54) is 0 Å². The second-order valence-electron chi connectivity index (χ2n) is 6.73. The number of hydrogen-bond donors (Lipinski definition) is 0. The zero-order chi connectivity index (χ0) is 21.4. The Morgan fingerprint density at radius 2 is 0.867 bits per heavy atom. The fraction of sp³-hybridized carbons (Fsp3) is 0.182. The summed E-state index contributed by atoms with van der Waals surface area (Å²) in [5.74, 6) is 1.90. The molecular weight excluding hydrogens is 416 g/mol. The van der Waals surface area contributed by atoms with Crippen LogP contribution in [0.1, 0.15) is 0 Å². The van der Waals surface area contributed by atoms with E-state index in [9.17, 15) is 0 Å². The first-order chi connectivity index (χ1) is 14.5. The van der Waals surface area contributed by atoms with Crippen LogP contribution in [0.2, 0.25) is 0 Å². The maximum absolute atomic E-state index is 6.40. The number of nitrogens with zero attached hydrogens (tertiary/aromatic N) is 3. The Kier molecular flexibility index (Phi) is 7.89. The van der Waals surface area contributed by atoms with E-state index >= 15 is 0 Å². The molecule has 0 atom stereocenters. The highest BCUT2D eigenvalue weighted by molar-refractivity contribution is 7.63. The second kappa shape index (κ2) is 10.6. The molecule has 0 heterocycles. The van der Waals surface area contributed by atoms with Gasteiger partial charge in [-0.3, -0.25) is 9.34 Å². The molecule has 0 unspecified atom stereocenters. The van der Waals surface area contributed by atoms with Crippen LogP contribution in [0.3, 0.4) is 0 Å². The van der Waals surface area contributed by atoms with Gasteiger partial charge in [-0.05, 0) is 64.6 Å². The Morgan fingerprint density at radius 3 is 1.13 bits per heavy atom. The van der Waals surface area contributed by atoms with Gasteiger partial charge in [0.05, 0.1) is 0 Å². The van der Waals surface area contributed by atoms with Crippen molar-refractivity contribution in [2.45, 2.75) is 0 Å². The van der Waals surface area contributed by atoms with Gasteiger partial charge in [0.1, 0.15) is 17.2 Å². The van der Waals surface area contributed by atoms with Crippen LogP contribution in [-0.2, 0) is 0 Å². The van der Waals surface area contributed by atoms with Crippen LogP contribution in [-0.4, -0.2) is 37.5 Å². The minimum absolute atomic E-state index is 0.633. The van der Waals surface area contributed by atoms with Crippen molar-refractivity contribution in [3.8, 4) is 17.2 Å². The van der Waals surface area contributed by atoms with Crippen molar-refractivity contribution in [3.63, 3.8) is 0 Å². The van der Waals surface area contributed by atoms with Crippen molar-refractivity contribution in [3.05, 3.63) is 91.0 Å². The van der Waals surface area contributed by atoms with Crippen LogP contribution in [0.5, 0.6) is 17.2 Å². The standard InChI is InChI=1S/C22H27N3O3P2/c1-24(2)29(25(3)4)23-30(26-20-14-8-5-9-15-20,27-21-16-10-6-11-17-21)28-22-18-12-7-13-19-22/h5-19H,1-4H3. The topological polar surface area (TPSA) is 46.5 Å². The Bertz CT molecular complexity index is 839. The Morgan fingerprint density at radius 1 is 0.567 bits per heavy atom. The highest BCUT2D eigenvalue weighted by Gasteiger charge is 2.34. The van der Waals surface area contributed by atoms with Crippen molar-refractivity contribution < 1.29 is 13.6 Å². The molecule has 30 heavy (non-hydrogen) atoms. The summed E-state index contributed by atoms with van der Waals surface area (Å²) in [7, 11) is 3.59. The first-order valence-corrected chi connectivity index (χ1v) is 12.2. The summed E-state index contributed by atoms with van der Waals surface area (Å²) in [6, 6.07) is 28.5. The van der Waals surface area contributed by atoms with Gasteiger partial charge >= 0.3 is 7.74 Å². The van der Waals surface area contributed by atoms with Crippen molar-refractivity contribution in [2.75, 3.05) is 28.2 Å². The molecule has 0 aliphatic rings. The lowest BCUT2D eigenvalue weighted by Crippen LogP contribution is -2.17. The molecule has 8 heteroatoms. The summed E-state index contributed by atoms with van der Waals surface area (Å²) in [5, 5.41) is 0. The number of para-hydroxylation sites is 3. The molecule has 3 aromatic rings. The van der Waals surface area contributed by atoms with Crippen LogP contribution in [0.25, 0.3) is 0 Å². The molecule has 0 spiro atoms. The molecule has 158 valence electrons. The molecule has 0 fully saturated rings. The highest BCUT2D eigenvalue weighted by Crippen LogP contribution is 2.60. The lowest BCUT2D eigenvalue weighted by molar-refractivity contribution is 0.371. The molecule has 0 amide bonds. The molecule has 0 N–H and O–H groups in total. The van der Waals surface area contributed by atoms with Gasteiger partial charge in [0.2, 0.25) is 0 Å². The lowest BCUT2D eigenvalue weighted by atomic mass is 10.3. The molecule has 3 aromatic carbocycles. The van der Waals surface area contributed by atoms with E-state index in [1.54, 1.807) is 0 Å². The van der Waals surface area contributed by atoms with Crippen LogP contribution in [0, 0.1) is 0 Å². The highest BCUT2D eigenvalue weighted by atomic mass is 31.2. The van der Waals surface area contributed by atoms with Crippen LogP contribution >= 0.6 is 16.1 Å². The lowest BCUT2D eigenvalue weighted by Gasteiger charge is -2.30. The normalized spacial score (nSPS) is 11.6. The van der Waals surface area contributed by atoms with Crippen molar-refractivity contribution >= 4 is 16.1 Å². The summed E-state index contributed by atoms with van der Waals surface area (Å²) < 4.78 is 28.4. The summed E-state index contributed by atoms with van der Waals surface area (Å²) in [6.07, 6.45) is 0. The number of benzene rings is 3. The molecule has 3 rings (SSSR count). The Labute approximate surface area is 180 Å². The SMILES string of the molecule is CN(C)P(N=P(Oc1ccccc1)(Oc1ccccc1)Oc1ccccc1)N(C)C. The maximum atomic E-state index is 6.40. The molecule has 0 saturated carbocycles. The average molecular weight is 443 g/mol. The Balaban J connectivity index is 2.14. The third kappa shape index (κ3) is 6.32. The average Bonchev–Trinajstić information content (AvgIpc) is 2.74. The largest absolute Gasteiger partial charge is 0.529 e. The summed E-state index contributed by atoms with van der Waals surface area (Å²) in [5.41, 5.74) is 0. The Hall–Kier alpha value is -2.36. The van der Waals surface area contributed by atoms with Gasteiger partial charge in [-0.25, -0.2) is 0 Å². The smallest absolute Gasteiger partial charge is 0.401 e. The van der Waals surface area contributed by atoms with Gasteiger partial charge in [-0.1, -0.05) is 54.6 Å². The van der Waals surface area contributed by atoms with Gasteiger partial charge in [-0.15, -0.1) is 4.52 Å². The van der Waals surface area contributed by atoms with E-state index in [0.29, 0.717) is 17.2 Å². The summed E-state index contributed by atoms with van der Waals surface area (Å²) in [4.78, 5) is 0. The van der Waals surface area contributed by atoms with Gasteiger partial charge in [-0.2, -0.15) is 0 Å². The first-order valence-electron chi connectivity index (χ1n) is 9.48. The van der Waals surface area contributed by atoms with E-state index in [4.69, 9.17) is 18.1 Å². The van der Waals surface area contributed by atoms with Gasteiger partial charge in [0.25, 0.3) is 0 Å². The van der Waals surface area contributed by atoms with Crippen molar-refractivity contribution in [1.29, 1.82) is 0 Å². The second-order valence-corrected chi connectivity index (χ2v) is 11.1. The third-order valence-electron chi connectivity index (χ3n) is 3.80. The predicted molar refractivity (Wildman–Crippen MR) is 125 cm³/mol. The van der Waals surface area contributed by atoms with Gasteiger partial charge < -0.3 is 13.6 Å². The molecular formula is C22H27N3O3P2. The molecule has 0 aliphatic carbocycles. The maximum Gasteiger partial charge on any atom is 0.529 e. The van der Waals surface area contributed by atoms with Gasteiger partial charge in [0.15, 0.2) is 8.37 Å². The monoisotopic (exact) mass is 443 g/mol. The van der Waals surface area contributed by atoms with Crippen molar-refractivity contribution in [1.82, 2.24) is 9.34 Å². The molecule has 0 aromatic heterocycles. The molecule has 0 bridgehead atoms. The summed E-state index contributed by atoms with van der Waals surface area (Å²) >= 11 is 0. The van der Waals surface area contributed by atoms with E-state index in [1.807, 2.05) is 129 Å². The zero-order valence-electron chi connectivity index (χ0n) is 17.6. The fourth-order valence-corrected chi connectivity index (χ4v) is 7.06. The molecule has 0 saturated heterocycles. The predicted octanol–water partition coefficient (Wildman–Crippen LogP) is 6.52. The third-order valence-corrected chi connectivity index (χ3v) is 8.07. The molecule has 0 radical (unpaired) electrons. The van der Waals surface area contributed by atoms with E-state index in [2.05, 4.69) is 0 Å². The minimum atomic E-state index is -3.26. The first kappa shape index (κ1) is 22.3. The summed E-state index contributed by atoms with van der Waals surface area (Å²) in [6.45, 7) is 0. The van der Waals surface area contributed by atoms with Crippen LogP contribution < -0.4 is 13.6 Å². The fourth-order valence-electron chi connectivity index (χ4n) is 2.57. The molecule has 6 nitrogen and oxygen atoms in total. The van der Waals surface area contributed by atoms with Gasteiger partial charge in [0, 0.05) is 0 Å². The van der Waals surface area contributed by atoms with E-state index < -0.39 is 16.1 Å². The van der Waals surface area contributed by atoms with Crippen LogP contribution in [0.4, 0.5) is 0 Å². The molecule has 0 aliphatic heterocycles. The van der Waals surface area contributed by atoms with E-state index in [0.717, 1.165) is 0 Å². The zero-order valence-corrected chi connectivity index (χ0v) is 19.4.